The van der Waals surface area contributed by atoms with Gasteiger partial charge in [0.15, 0.2) is 0 Å². The van der Waals surface area contributed by atoms with E-state index in [1.165, 1.54) is 13.0 Å². The van der Waals surface area contributed by atoms with Crippen LogP contribution in [0.3, 0.4) is 0 Å². The van der Waals surface area contributed by atoms with Gasteiger partial charge in [-0.25, -0.2) is 9.59 Å². The summed E-state index contributed by atoms with van der Waals surface area (Å²) in [6, 6.07) is 0. The second-order valence-corrected chi connectivity index (χ2v) is 3.31. The first-order chi connectivity index (χ1) is 6.28. The average Bonchev–Trinajstić information content (AvgIpc) is 2.02. The molecule has 0 aromatic rings. The lowest BCUT2D eigenvalue weighted by Gasteiger charge is -2.20. The third kappa shape index (κ3) is 4.61. The molecule has 0 saturated carbocycles. The topological polar surface area (TPSA) is 78.6 Å². The van der Waals surface area contributed by atoms with Crippen molar-refractivity contribution in [1.29, 1.82) is 0 Å². The molecule has 0 heterocycles. The Labute approximate surface area is 82.9 Å². The number of hydrogen-bond acceptors (Lipinski definition) is 5. The normalized spacial score (nSPS) is 12.9. The third-order valence-corrected chi connectivity index (χ3v) is 1.31. The second kappa shape index (κ2) is 4.76. The van der Waals surface area contributed by atoms with E-state index in [9.17, 15) is 9.59 Å². The molecule has 0 aliphatic carbocycles. The van der Waals surface area contributed by atoms with Gasteiger partial charge in [-0.2, -0.15) is 0 Å². The average molecular weight is 201 g/mol. The van der Waals surface area contributed by atoms with Gasteiger partial charge in [-0.15, -0.1) is 0 Å². The van der Waals surface area contributed by atoms with Crippen LogP contribution in [0.1, 0.15) is 20.8 Å². The highest BCUT2D eigenvalue weighted by Crippen LogP contribution is 2.10. The lowest BCUT2D eigenvalue weighted by Crippen LogP contribution is -2.34. The minimum absolute atomic E-state index is 0.832. The number of carbonyl (C=O) groups is 2. The van der Waals surface area contributed by atoms with Crippen LogP contribution in [0.5, 0.6) is 0 Å². The zero-order chi connectivity index (χ0) is 11.4. The van der Waals surface area contributed by atoms with Crippen molar-refractivity contribution in [3.05, 3.63) is 12.7 Å². The molecular formula is C9H15NO4. The van der Waals surface area contributed by atoms with Crippen molar-refractivity contribution in [3.63, 3.8) is 0 Å². The standard InChI is InChI=1S/C9H15NO4/c1-5-9(3,4)14-8(12)7(11)13-6(2)10/h5-6H,1,10H2,2-4H3. The summed E-state index contributed by atoms with van der Waals surface area (Å²) in [4.78, 5) is 22.0. The molecule has 0 aliphatic heterocycles. The lowest BCUT2D eigenvalue weighted by atomic mass is 10.1. The first-order valence-corrected chi connectivity index (χ1v) is 4.11. The van der Waals surface area contributed by atoms with Gasteiger partial charge < -0.3 is 9.47 Å². The van der Waals surface area contributed by atoms with Gasteiger partial charge in [-0.1, -0.05) is 6.58 Å². The fourth-order valence-corrected chi connectivity index (χ4v) is 0.539. The molecule has 5 nitrogen and oxygen atoms in total. The van der Waals surface area contributed by atoms with E-state index >= 15 is 0 Å². The Morgan fingerprint density at radius 3 is 2.29 bits per heavy atom. The Morgan fingerprint density at radius 1 is 1.43 bits per heavy atom. The maximum atomic E-state index is 11.1. The van der Waals surface area contributed by atoms with Crippen LogP contribution in [0, 0.1) is 0 Å². The molecule has 0 aromatic heterocycles. The monoisotopic (exact) mass is 201 g/mol. The quantitative estimate of drug-likeness (QED) is 0.308. The molecule has 0 saturated heterocycles. The van der Waals surface area contributed by atoms with Gasteiger partial charge in [0.25, 0.3) is 0 Å². The minimum atomic E-state index is -1.10. The van der Waals surface area contributed by atoms with Crippen molar-refractivity contribution in [2.75, 3.05) is 0 Å². The lowest BCUT2D eigenvalue weighted by molar-refractivity contribution is -0.175. The summed E-state index contributed by atoms with van der Waals surface area (Å²) in [5.74, 6) is -2.18. The first kappa shape index (κ1) is 12.6. The molecule has 1 unspecified atom stereocenters. The van der Waals surface area contributed by atoms with E-state index in [2.05, 4.69) is 11.3 Å². The van der Waals surface area contributed by atoms with Crippen molar-refractivity contribution in [2.24, 2.45) is 5.73 Å². The van der Waals surface area contributed by atoms with E-state index in [0.717, 1.165) is 0 Å². The number of ether oxygens (including phenoxy) is 2. The summed E-state index contributed by atoms with van der Waals surface area (Å²) < 4.78 is 9.19. The van der Waals surface area contributed by atoms with Gasteiger partial charge in [0.05, 0.1) is 0 Å². The molecule has 0 rings (SSSR count). The molecule has 2 N–H and O–H groups in total. The highest BCUT2D eigenvalue weighted by Gasteiger charge is 2.26. The fourth-order valence-electron chi connectivity index (χ4n) is 0.539. The van der Waals surface area contributed by atoms with Crippen LogP contribution in [0.15, 0.2) is 12.7 Å². The Balaban J connectivity index is 4.22. The predicted molar refractivity (Wildman–Crippen MR) is 50.1 cm³/mol. The third-order valence-electron chi connectivity index (χ3n) is 1.31. The van der Waals surface area contributed by atoms with E-state index in [1.807, 2.05) is 0 Å². The van der Waals surface area contributed by atoms with Gasteiger partial charge in [0.2, 0.25) is 0 Å². The van der Waals surface area contributed by atoms with E-state index in [-0.39, 0.29) is 0 Å². The summed E-state index contributed by atoms with van der Waals surface area (Å²) in [5, 5.41) is 0. The van der Waals surface area contributed by atoms with Crippen LogP contribution in [0.25, 0.3) is 0 Å². The van der Waals surface area contributed by atoms with Gasteiger partial charge in [0.1, 0.15) is 11.8 Å². The van der Waals surface area contributed by atoms with Gasteiger partial charge >= 0.3 is 11.9 Å². The van der Waals surface area contributed by atoms with Crippen molar-refractivity contribution in [2.45, 2.75) is 32.6 Å². The summed E-state index contributed by atoms with van der Waals surface area (Å²) in [7, 11) is 0. The maximum absolute atomic E-state index is 11.1. The molecule has 0 fully saturated rings. The smallest absolute Gasteiger partial charge is 0.419 e. The Bertz CT molecular complexity index is 245. The Morgan fingerprint density at radius 2 is 1.93 bits per heavy atom. The number of esters is 2. The Kier molecular flexibility index (Phi) is 4.30. The highest BCUT2D eigenvalue weighted by molar-refractivity contribution is 6.29. The molecular weight excluding hydrogens is 186 g/mol. The molecule has 5 heteroatoms. The van der Waals surface area contributed by atoms with Gasteiger partial charge in [-0.3, -0.25) is 5.73 Å². The summed E-state index contributed by atoms with van der Waals surface area (Å²) in [6.07, 6.45) is 0.575. The zero-order valence-corrected chi connectivity index (χ0v) is 8.57. The Hall–Kier alpha value is -1.36. The largest absolute Gasteiger partial charge is 0.447 e. The van der Waals surface area contributed by atoms with E-state index in [4.69, 9.17) is 10.5 Å². The van der Waals surface area contributed by atoms with Crippen molar-refractivity contribution in [3.8, 4) is 0 Å². The first-order valence-electron chi connectivity index (χ1n) is 4.11. The van der Waals surface area contributed by atoms with Crippen molar-refractivity contribution < 1.29 is 19.1 Å². The van der Waals surface area contributed by atoms with Crippen LogP contribution in [0.2, 0.25) is 0 Å². The number of rotatable bonds is 3. The number of hydrogen-bond donors (Lipinski definition) is 1. The molecule has 14 heavy (non-hydrogen) atoms. The summed E-state index contributed by atoms with van der Waals surface area (Å²) in [5.41, 5.74) is 4.26. The minimum Gasteiger partial charge on any atom is -0.447 e. The van der Waals surface area contributed by atoms with Crippen molar-refractivity contribution >= 4 is 11.9 Å². The van der Waals surface area contributed by atoms with E-state index in [0.29, 0.717) is 0 Å². The molecule has 0 radical (unpaired) electrons. The predicted octanol–water partition coefficient (Wildman–Crippen LogP) is 0.342. The number of carbonyl (C=O) groups excluding carboxylic acids is 2. The second-order valence-electron chi connectivity index (χ2n) is 3.31. The molecule has 0 spiro atoms. The molecule has 0 bridgehead atoms. The fraction of sp³-hybridized carbons (Fsp3) is 0.556. The van der Waals surface area contributed by atoms with Gasteiger partial charge in [-0.05, 0) is 26.8 Å². The SMILES string of the molecule is C=CC(C)(C)OC(=O)C(=O)OC(C)N. The van der Waals surface area contributed by atoms with E-state index in [1.54, 1.807) is 13.8 Å². The van der Waals surface area contributed by atoms with Crippen LogP contribution in [-0.2, 0) is 19.1 Å². The molecule has 0 aliphatic rings. The number of nitrogens with two attached hydrogens (primary N) is 1. The zero-order valence-electron chi connectivity index (χ0n) is 8.57. The maximum Gasteiger partial charge on any atom is 0.419 e. The molecule has 1 atom stereocenters. The molecule has 80 valence electrons. The molecule has 0 aromatic carbocycles. The van der Waals surface area contributed by atoms with Crippen LogP contribution >= 0.6 is 0 Å². The van der Waals surface area contributed by atoms with Crippen LogP contribution in [-0.4, -0.2) is 23.8 Å². The van der Waals surface area contributed by atoms with Gasteiger partial charge in [0, 0.05) is 0 Å². The summed E-state index contributed by atoms with van der Waals surface area (Å²) in [6.45, 7) is 8.07. The van der Waals surface area contributed by atoms with Crippen LogP contribution in [0.4, 0.5) is 0 Å². The van der Waals surface area contributed by atoms with Crippen molar-refractivity contribution in [1.82, 2.24) is 0 Å². The molecule has 0 amide bonds. The van der Waals surface area contributed by atoms with E-state index < -0.39 is 23.8 Å². The van der Waals surface area contributed by atoms with Crippen LogP contribution < -0.4 is 5.73 Å². The highest BCUT2D eigenvalue weighted by atomic mass is 16.6. The summed E-state index contributed by atoms with van der Waals surface area (Å²) >= 11 is 0.